The Morgan fingerprint density at radius 2 is 1.82 bits per heavy atom. The molecule has 0 aliphatic carbocycles. The van der Waals surface area contributed by atoms with Crippen LogP contribution in [0.4, 0.5) is 0 Å². The maximum atomic E-state index is 13.7. The van der Waals surface area contributed by atoms with Crippen molar-refractivity contribution in [2.24, 2.45) is 0 Å². The highest BCUT2D eigenvalue weighted by Gasteiger charge is 2.42. The smallest absolute Gasteiger partial charge is 0.291 e. The predicted octanol–water partition coefficient (Wildman–Crippen LogP) is 6.19. The van der Waals surface area contributed by atoms with Crippen LogP contribution >= 0.6 is 11.6 Å². The molecule has 0 bridgehead atoms. The molecule has 0 fully saturated rings. The third kappa shape index (κ3) is 3.70. The summed E-state index contributed by atoms with van der Waals surface area (Å²) in [6.07, 6.45) is 3.42. The monoisotopic (exact) mass is 472 g/mol. The normalized spacial score (nSPS) is 15.7. The van der Waals surface area contributed by atoms with Crippen molar-refractivity contribution in [2.75, 3.05) is 0 Å². The number of halogens is 1. The summed E-state index contributed by atoms with van der Waals surface area (Å²) in [5.41, 5.74) is 4.15. The molecule has 5 rings (SSSR count). The van der Waals surface area contributed by atoms with E-state index in [1.54, 1.807) is 29.4 Å². The lowest BCUT2D eigenvalue weighted by Gasteiger charge is -2.26. The van der Waals surface area contributed by atoms with Crippen molar-refractivity contribution in [3.05, 3.63) is 110 Å². The second kappa shape index (κ2) is 8.10. The summed E-state index contributed by atoms with van der Waals surface area (Å²) in [5.74, 6) is -0.219. The zero-order chi connectivity index (χ0) is 24.2. The predicted molar refractivity (Wildman–Crippen MR) is 133 cm³/mol. The number of rotatable bonds is 3. The Labute approximate surface area is 203 Å². The molecule has 1 aliphatic heterocycles. The summed E-state index contributed by atoms with van der Waals surface area (Å²) in [7, 11) is 0. The van der Waals surface area contributed by atoms with Gasteiger partial charge >= 0.3 is 0 Å². The lowest BCUT2D eigenvalue weighted by Crippen LogP contribution is -2.29. The molecule has 6 heteroatoms. The summed E-state index contributed by atoms with van der Waals surface area (Å²) in [4.78, 5) is 33.2. The lowest BCUT2D eigenvalue weighted by atomic mass is 9.86. The van der Waals surface area contributed by atoms with Crippen LogP contribution in [0.2, 0.25) is 5.02 Å². The molecular weight excluding hydrogens is 448 g/mol. The van der Waals surface area contributed by atoms with Gasteiger partial charge in [-0.3, -0.25) is 14.6 Å². The van der Waals surface area contributed by atoms with Crippen LogP contribution in [0, 0.1) is 6.92 Å². The number of benzene rings is 2. The highest BCUT2D eigenvalue weighted by Crippen LogP contribution is 2.40. The number of hydrogen-bond donors (Lipinski definition) is 0. The standard InChI is InChI=1S/C28H25ClN2O3/c1-16-12-22-20(13-21(16)29)25(32)23-24(18-7-9-19(10-8-18)28(2,3)4)31(27(33)26(23)34-22)15-17-6-5-11-30-14-17/h5-14,24H,15H2,1-4H3. The van der Waals surface area contributed by atoms with Crippen molar-refractivity contribution in [2.45, 2.75) is 45.7 Å². The van der Waals surface area contributed by atoms with Crippen LogP contribution < -0.4 is 5.43 Å². The minimum absolute atomic E-state index is 0.0127. The van der Waals surface area contributed by atoms with Gasteiger partial charge in [-0.1, -0.05) is 62.7 Å². The molecule has 0 saturated carbocycles. The van der Waals surface area contributed by atoms with Crippen LogP contribution in [0.25, 0.3) is 11.0 Å². The van der Waals surface area contributed by atoms with Gasteiger partial charge in [0.15, 0.2) is 5.43 Å². The fourth-order valence-corrected chi connectivity index (χ4v) is 4.67. The Hall–Kier alpha value is -3.44. The Kier molecular flexibility index (Phi) is 5.33. The average Bonchev–Trinajstić information content (AvgIpc) is 3.07. The molecule has 1 amide bonds. The van der Waals surface area contributed by atoms with Crippen LogP contribution in [0.1, 0.15) is 65.2 Å². The number of carbonyl (C=O) groups excluding carboxylic acids is 1. The molecule has 2 aromatic heterocycles. The zero-order valence-corrected chi connectivity index (χ0v) is 20.3. The fourth-order valence-electron chi connectivity index (χ4n) is 4.50. The first kappa shape index (κ1) is 22.4. The van der Waals surface area contributed by atoms with Crippen molar-refractivity contribution >= 4 is 28.5 Å². The van der Waals surface area contributed by atoms with E-state index in [1.165, 1.54) is 5.56 Å². The zero-order valence-electron chi connectivity index (χ0n) is 19.6. The van der Waals surface area contributed by atoms with E-state index in [9.17, 15) is 9.59 Å². The summed E-state index contributed by atoms with van der Waals surface area (Å²) >= 11 is 6.32. The molecule has 0 saturated heterocycles. The quantitative estimate of drug-likeness (QED) is 0.356. The van der Waals surface area contributed by atoms with Crippen LogP contribution in [-0.2, 0) is 12.0 Å². The van der Waals surface area contributed by atoms with E-state index in [2.05, 4.69) is 37.9 Å². The molecule has 2 aromatic carbocycles. The first-order chi connectivity index (χ1) is 16.1. The molecule has 0 radical (unpaired) electrons. The van der Waals surface area contributed by atoms with Crippen LogP contribution in [0.5, 0.6) is 0 Å². The maximum Gasteiger partial charge on any atom is 0.291 e. The van der Waals surface area contributed by atoms with Gasteiger partial charge in [0.05, 0.1) is 17.0 Å². The van der Waals surface area contributed by atoms with Gasteiger partial charge in [0, 0.05) is 24.0 Å². The van der Waals surface area contributed by atoms with E-state index in [0.29, 0.717) is 28.1 Å². The molecule has 172 valence electrons. The molecular formula is C28H25ClN2O3. The average molecular weight is 473 g/mol. The minimum Gasteiger partial charge on any atom is -0.450 e. The van der Waals surface area contributed by atoms with Gasteiger partial charge in [0.25, 0.3) is 5.91 Å². The number of carbonyl (C=O) groups is 1. The number of aromatic nitrogens is 1. The van der Waals surface area contributed by atoms with Crippen molar-refractivity contribution in [3.63, 3.8) is 0 Å². The Morgan fingerprint density at radius 1 is 1.09 bits per heavy atom. The maximum absolute atomic E-state index is 13.7. The van der Waals surface area contributed by atoms with Gasteiger partial charge in [-0.15, -0.1) is 0 Å². The fraction of sp³-hybridized carbons (Fsp3) is 0.250. The van der Waals surface area contributed by atoms with Gasteiger partial charge in [0.2, 0.25) is 5.76 Å². The van der Waals surface area contributed by atoms with Crippen LogP contribution in [0.3, 0.4) is 0 Å². The Morgan fingerprint density at radius 3 is 2.47 bits per heavy atom. The second-order valence-electron chi connectivity index (χ2n) is 9.84. The molecule has 1 unspecified atom stereocenters. The van der Waals surface area contributed by atoms with E-state index in [0.717, 1.165) is 16.7 Å². The summed E-state index contributed by atoms with van der Waals surface area (Å²) < 4.78 is 6.07. The number of fused-ring (bicyclic) bond motifs is 2. The highest BCUT2D eigenvalue weighted by atomic mass is 35.5. The molecule has 1 aliphatic rings. The van der Waals surface area contributed by atoms with Crippen molar-refractivity contribution in [1.82, 2.24) is 9.88 Å². The highest BCUT2D eigenvalue weighted by molar-refractivity contribution is 6.32. The lowest BCUT2D eigenvalue weighted by molar-refractivity contribution is 0.0714. The summed E-state index contributed by atoms with van der Waals surface area (Å²) in [6.45, 7) is 8.59. The number of hydrogen-bond acceptors (Lipinski definition) is 4. The molecule has 4 aromatic rings. The van der Waals surface area contributed by atoms with E-state index < -0.39 is 6.04 Å². The Bertz CT molecular complexity index is 1470. The van der Waals surface area contributed by atoms with E-state index in [-0.39, 0.29) is 22.5 Å². The van der Waals surface area contributed by atoms with Crippen molar-refractivity contribution in [1.29, 1.82) is 0 Å². The van der Waals surface area contributed by atoms with Gasteiger partial charge in [-0.05, 0) is 52.8 Å². The van der Waals surface area contributed by atoms with Gasteiger partial charge in [0.1, 0.15) is 5.58 Å². The minimum atomic E-state index is -0.572. The number of nitrogens with zero attached hydrogens (tertiary/aromatic N) is 2. The van der Waals surface area contributed by atoms with Gasteiger partial charge < -0.3 is 9.32 Å². The van der Waals surface area contributed by atoms with Crippen LogP contribution in [0.15, 0.2) is 70.1 Å². The number of amides is 1. The Balaban J connectivity index is 1.72. The van der Waals surface area contributed by atoms with Crippen molar-refractivity contribution < 1.29 is 9.21 Å². The number of aryl methyl sites for hydroxylation is 1. The first-order valence-corrected chi connectivity index (χ1v) is 11.6. The molecule has 3 heterocycles. The van der Waals surface area contributed by atoms with E-state index in [4.69, 9.17) is 16.0 Å². The summed E-state index contributed by atoms with van der Waals surface area (Å²) in [5, 5.41) is 0.865. The van der Waals surface area contributed by atoms with Gasteiger partial charge in [-0.2, -0.15) is 0 Å². The molecule has 1 atom stereocenters. The SMILES string of the molecule is Cc1cc2oc3c(c(=O)c2cc1Cl)C(c1ccc(C(C)(C)C)cc1)N(Cc1cccnc1)C3=O. The van der Waals surface area contributed by atoms with Crippen LogP contribution in [-0.4, -0.2) is 15.8 Å². The van der Waals surface area contributed by atoms with E-state index in [1.807, 2.05) is 31.2 Å². The first-order valence-electron chi connectivity index (χ1n) is 11.2. The summed E-state index contributed by atoms with van der Waals surface area (Å²) in [6, 6.07) is 14.6. The number of pyridine rings is 1. The van der Waals surface area contributed by atoms with Crippen molar-refractivity contribution in [3.8, 4) is 0 Å². The topological polar surface area (TPSA) is 63.4 Å². The van der Waals surface area contributed by atoms with Gasteiger partial charge in [-0.25, -0.2) is 0 Å². The molecule has 0 N–H and O–H groups in total. The third-order valence-electron chi connectivity index (χ3n) is 6.42. The largest absolute Gasteiger partial charge is 0.450 e. The third-order valence-corrected chi connectivity index (χ3v) is 6.82. The molecule has 5 nitrogen and oxygen atoms in total. The molecule has 0 spiro atoms. The second-order valence-corrected chi connectivity index (χ2v) is 10.2. The van der Waals surface area contributed by atoms with E-state index >= 15 is 0 Å². The molecule has 34 heavy (non-hydrogen) atoms.